The largest absolute Gasteiger partial charge is 0.327 e. The monoisotopic (exact) mass is 330 g/mol. The Labute approximate surface area is 132 Å². The van der Waals surface area contributed by atoms with Crippen LogP contribution in [0.3, 0.4) is 0 Å². The van der Waals surface area contributed by atoms with Gasteiger partial charge >= 0.3 is 0 Å². The van der Waals surface area contributed by atoms with E-state index in [4.69, 9.17) is 17.3 Å². The van der Waals surface area contributed by atoms with Crippen molar-refractivity contribution in [3.8, 4) is 0 Å². The number of benzene rings is 1. The molecule has 1 aromatic rings. The standard InChI is InChI=1S/C15H23ClN2O2S/c1-21(19,20)18-8-2-3-13(11-18)10-15(17)9-12-4-6-14(16)7-5-12/h4-7,13,15H,2-3,8-11,17H2,1H3. The maximum absolute atomic E-state index is 11.6. The van der Waals surface area contributed by atoms with E-state index in [-0.39, 0.29) is 6.04 Å². The maximum Gasteiger partial charge on any atom is 0.211 e. The zero-order valence-corrected chi connectivity index (χ0v) is 13.9. The number of hydrogen-bond donors (Lipinski definition) is 1. The highest BCUT2D eigenvalue weighted by Gasteiger charge is 2.26. The first-order valence-corrected chi connectivity index (χ1v) is 9.52. The third-order valence-electron chi connectivity index (χ3n) is 4.00. The Morgan fingerprint density at radius 1 is 1.38 bits per heavy atom. The van der Waals surface area contributed by atoms with E-state index < -0.39 is 10.0 Å². The second kappa shape index (κ2) is 7.09. The van der Waals surface area contributed by atoms with Crippen LogP contribution in [0.1, 0.15) is 24.8 Å². The minimum absolute atomic E-state index is 0.0516. The molecule has 4 nitrogen and oxygen atoms in total. The van der Waals surface area contributed by atoms with E-state index in [1.807, 2.05) is 24.3 Å². The Bertz CT molecular complexity index is 560. The van der Waals surface area contributed by atoms with E-state index in [0.29, 0.717) is 19.0 Å². The van der Waals surface area contributed by atoms with E-state index in [9.17, 15) is 8.42 Å². The fraction of sp³-hybridized carbons (Fsp3) is 0.600. The Morgan fingerprint density at radius 3 is 2.67 bits per heavy atom. The summed E-state index contributed by atoms with van der Waals surface area (Å²) in [6, 6.07) is 7.78. The van der Waals surface area contributed by atoms with Crippen LogP contribution < -0.4 is 5.73 Å². The van der Waals surface area contributed by atoms with Gasteiger partial charge in [-0.3, -0.25) is 0 Å². The van der Waals surface area contributed by atoms with E-state index in [2.05, 4.69) is 0 Å². The summed E-state index contributed by atoms with van der Waals surface area (Å²) in [7, 11) is -3.08. The third kappa shape index (κ3) is 5.25. The molecule has 2 N–H and O–H groups in total. The van der Waals surface area contributed by atoms with Crippen LogP contribution in [0.5, 0.6) is 0 Å². The summed E-state index contributed by atoms with van der Waals surface area (Å²) in [5, 5.41) is 0.725. The maximum atomic E-state index is 11.6. The first-order valence-electron chi connectivity index (χ1n) is 7.30. The Hall–Kier alpha value is -0.620. The topological polar surface area (TPSA) is 63.4 Å². The van der Waals surface area contributed by atoms with Crippen LogP contribution in [0, 0.1) is 5.92 Å². The van der Waals surface area contributed by atoms with Gasteiger partial charge in [0.2, 0.25) is 10.0 Å². The molecule has 2 atom stereocenters. The molecule has 1 aliphatic heterocycles. The molecule has 6 heteroatoms. The van der Waals surface area contributed by atoms with Crippen molar-refractivity contribution in [1.29, 1.82) is 0 Å². The van der Waals surface area contributed by atoms with Gasteiger partial charge in [-0.15, -0.1) is 0 Å². The van der Waals surface area contributed by atoms with Gasteiger partial charge in [0, 0.05) is 24.2 Å². The van der Waals surface area contributed by atoms with Gasteiger partial charge in [-0.05, 0) is 49.3 Å². The van der Waals surface area contributed by atoms with Gasteiger partial charge < -0.3 is 5.73 Å². The van der Waals surface area contributed by atoms with E-state index >= 15 is 0 Å². The molecule has 0 radical (unpaired) electrons. The van der Waals surface area contributed by atoms with Gasteiger partial charge in [0.15, 0.2) is 0 Å². The van der Waals surface area contributed by atoms with Gasteiger partial charge in [0.1, 0.15) is 0 Å². The van der Waals surface area contributed by atoms with Crippen molar-refractivity contribution < 1.29 is 8.42 Å². The second-order valence-corrected chi connectivity index (χ2v) is 8.37. The summed E-state index contributed by atoms with van der Waals surface area (Å²) in [6.45, 7) is 1.24. The zero-order chi connectivity index (χ0) is 15.5. The average molecular weight is 331 g/mol. The summed E-state index contributed by atoms with van der Waals surface area (Å²) >= 11 is 5.87. The van der Waals surface area contributed by atoms with Gasteiger partial charge in [0.25, 0.3) is 0 Å². The number of rotatable bonds is 5. The molecule has 21 heavy (non-hydrogen) atoms. The molecule has 1 aliphatic rings. The summed E-state index contributed by atoms with van der Waals surface area (Å²) < 4.78 is 24.8. The normalized spacial score (nSPS) is 22.1. The first kappa shape index (κ1) is 16.7. The summed E-state index contributed by atoms with van der Waals surface area (Å²) in [5.74, 6) is 0.357. The van der Waals surface area contributed by atoms with Crippen LogP contribution in [0.4, 0.5) is 0 Å². The lowest BCUT2D eigenvalue weighted by Gasteiger charge is -2.32. The Morgan fingerprint density at radius 2 is 2.05 bits per heavy atom. The van der Waals surface area contributed by atoms with Crippen molar-refractivity contribution in [2.24, 2.45) is 11.7 Å². The lowest BCUT2D eigenvalue weighted by Crippen LogP contribution is -2.41. The molecule has 0 aliphatic carbocycles. The summed E-state index contributed by atoms with van der Waals surface area (Å²) in [6.07, 6.45) is 4.91. The van der Waals surface area contributed by atoms with Crippen molar-refractivity contribution in [3.63, 3.8) is 0 Å². The predicted molar refractivity (Wildman–Crippen MR) is 86.9 cm³/mol. The molecule has 118 valence electrons. The van der Waals surface area contributed by atoms with Crippen molar-refractivity contribution in [3.05, 3.63) is 34.9 Å². The summed E-state index contributed by atoms with van der Waals surface area (Å²) in [5.41, 5.74) is 7.40. The number of piperidine rings is 1. The van der Waals surface area contributed by atoms with E-state index in [0.717, 1.165) is 30.7 Å². The number of hydrogen-bond acceptors (Lipinski definition) is 3. The molecule has 1 fully saturated rings. The number of nitrogens with two attached hydrogens (primary N) is 1. The highest BCUT2D eigenvalue weighted by atomic mass is 35.5. The molecule has 1 saturated heterocycles. The van der Waals surface area contributed by atoms with E-state index in [1.54, 1.807) is 4.31 Å². The average Bonchev–Trinajstić information content (AvgIpc) is 2.41. The van der Waals surface area contributed by atoms with Crippen molar-refractivity contribution in [2.75, 3.05) is 19.3 Å². The quantitative estimate of drug-likeness (QED) is 0.900. The highest BCUT2D eigenvalue weighted by Crippen LogP contribution is 2.23. The molecule has 0 spiro atoms. The van der Waals surface area contributed by atoms with Crippen LogP contribution >= 0.6 is 11.6 Å². The van der Waals surface area contributed by atoms with Gasteiger partial charge in [-0.2, -0.15) is 0 Å². The van der Waals surface area contributed by atoms with Crippen molar-refractivity contribution >= 4 is 21.6 Å². The fourth-order valence-corrected chi connectivity index (χ4v) is 4.02. The molecule has 0 amide bonds. The fourth-order valence-electron chi connectivity index (χ4n) is 2.96. The summed E-state index contributed by atoms with van der Waals surface area (Å²) in [4.78, 5) is 0. The lowest BCUT2D eigenvalue weighted by atomic mass is 9.90. The molecular weight excluding hydrogens is 308 g/mol. The lowest BCUT2D eigenvalue weighted by molar-refractivity contribution is 0.246. The first-order chi connectivity index (χ1) is 9.84. The van der Waals surface area contributed by atoms with Gasteiger partial charge in [0.05, 0.1) is 6.26 Å². The van der Waals surface area contributed by atoms with Crippen LogP contribution in [-0.4, -0.2) is 38.1 Å². The zero-order valence-electron chi connectivity index (χ0n) is 12.3. The van der Waals surface area contributed by atoms with Crippen molar-refractivity contribution in [2.45, 2.75) is 31.7 Å². The predicted octanol–water partition coefficient (Wildman–Crippen LogP) is 2.27. The molecular formula is C15H23ClN2O2S. The molecule has 1 heterocycles. The molecule has 2 rings (SSSR count). The molecule has 0 bridgehead atoms. The molecule has 0 saturated carbocycles. The highest BCUT2D eigenvalue weighted by molar-refractivity contribution is 7.88. The van der Waals surface area contributed by atoms with E-state index in [1.165, 1.54) is 11.8 Å². The molecule has 2 unspecified atom stereocenters. The minimum atomic E-state index is -3.08. The van der Waals surface area contributed by atoms with Crippen LogP contribution in [-0.2, 0) is 16.4 Å². The number of nitrogens with zero attached hydrogens (tertiary/aromatic N) is 1. The van der Waals surface area contributed by atoms with Gasteiger partial charge in [-0.1, -0.05) is 23.7 Å². The second-order valence-electron chi connectivity index (χ2n) is 5.96. The smallest absolute Gasteiger partial charge is 0.211 e. The van der Waals surface area contributed by atoms with Crippen LogP contribution in [0.2, 0.25) is 5.02 Å². The van der Waals surface area contributed by atoms with Crippen molar-refractivity contribution in [1.82, 2.24) is 4.31 Å². The SMILES string of the molecule is CS(=O)(=O)N1CCCC(CC(N)Cc2ccc(Cl)cc2)C1. The van der Waals surface area contributed by atoms with Crippen LogP contribution in [0.25, 0.3) is 0 Å². The Balaban J connectivity index is 1.87. The van der Waals surface area contributed by atoms with Gasteiger partial charge in [-0.25, -0.2) is 12.7 Å². The third-order valence-corrected chi connectivity index (χ3v) is 5.52. The number of halogens is 1. The Kier molecular flexibility index (Phi) is 5.66. The number of sulfonamides is 1. The molecule has 1 aromatic carbocycles. The van der Waals surface area contributed by atoms with Crippen LogP contribution in [0.15, 0.2) is 24.3 Å². The molecule has 0 aromatic heterocycles. The minimum Gasteiger partial charge on any atom is -0.327 e.